The van der Waals surface area contributed by atoms with Crippen LogP contribution in [0.15, 0.2) is 18.2 Å². The molecule has 0 unspecified atom stereocenters. The van der Waals surface area contributed by atoms with Crippen LogP contribution in [0.4, 0.5) is 10.1 Å². The molecule has 0 bridgehead atoms. The minimum Gasteiger partial charge on any atom is -0.369 e. The molecule has 1 rings (SSSR count). The van der Waals surface area contributed by atoms with Crippen LogP contribution >= 0.6 is 0 Å². The lowest BCUT2D eigenvalue weighted by atomic mass is 10.1. The first-order valence-corrected chi connectivity index (χ1v) is 6.97. The summed E-state index contributed by atoms with van der Waals surface area (Å²) < 4.78 is 14.1. The van der Waals surface area contributed by atoms with Gasteiger partial charge in [-0.3, -0.25) is 0 Å². The van der Waals surface area contributed by atoms with Gasteiger partial charge in [-0.15, -0.1) is 0 Å². The molecule has 0 saturated carbocycles. The van der Waals surface area contributed by atoms with Crippen molar-refractivity contribution in [1.82, 2.24) is 5.32 Å². The van der Waals surface area contributed by atoms with E-state index in [2.05, 4.69) is 31.0 Å². The van der Waals surface area contributed by atoms with Crippen molar-refractivity contribution < 1.29 is 4.39 Å². The molecular formula is C15H25FN2. The normalized spacial score (nSPS) is 10.7. The Kier molecular flexibility index (Phi) is 6.73. The van der Waals surface area contributed by atoms with Crippen LogP contribution in [0.5, 0.6) is 0 Å². The number of anilines is 1. The van der Waals surface area contributed by atoms with Gasteiger partial charge in [0.25, 0.3) is 0 Å². The maximum Gasteiger partial charge on any atom is 0.146 e. The van der Waals surface area contributed by atoms with E-state index < -0.39 is 0 Å². The zero-order valence-corrected chi connectivity index (χ0v) is 11.8. The van der Waals surface area contributed by atoms with Gasteiger partial charge in [-0.2, -0.15) is 0 Å². The van der Waals surface area contributed by atoms with Gasteiger partial charge < -0.3 is 10.2 Å². The summed E-state index contributed by atoms with van der Waals surface area (Å²) in [6.45, 7) is 9.76. The Labute approximate surface area is 110 Å². The molecular weight excluding hydrogens is 227 g/mol. The van der Waals surface area contributed by atoms with Gasteiger partial charge in [-0.05, 0) is 44.0 Å². The second-order valence-electron chi connectivity index (χ2n) is 4.54. The van der Waals surface area contributed by atoms with Gasteiger partial charge >= 0.3 is 0 Å². The number of hydrogen-bond donors (Lipinski definition) is 1. The zero-order valence-electron chi connectivity index (χ0n) is 11.8. The predicted octanol–water partition coefficient (Wildman–Crippen LogP) is 3.56. The van der Waals surface area contributed by atoms with E-state index in [1.165, 1.54) is 0 Å². The van der Waals surface area contributed by atoms with Crippen molar-refractivity contribution in [1.29, 1.82) is 0 Å². The fraction of sp³-hybridized carbons (Fsp3) is 0.600. The van der Waals surface area contributed by atoms with Crippen molar-refractivity contribution in [3.05, 3.63) is 29.6 Å². The second kappa shape index (κ2) is 8.09. The smallest absolute Gasteiger partial charge is 0.146 e. The molecule has 0 atom stereocenters. The molecule has 0 saturated heterocycles. The lowest BCUT2D eigenvalue weighted by molar-refractivity contribution is 0.610. The Balaban J connectivity index is 2.71. The third kappa shape index (κ3) is 4.30. The molecule has 0 amide bonds. The molecule has 0 aromatic heterocycles. The molecule has 1 aromatic rings. The van der Waals surface area contributed by atoms with Crippen molar-refractivity contribution >= 4 is 5.69 Å². The molecule has 0 spiro atoms. The van der Waals surface area contributed by atoms with Crippen LogP contribution in [-0.4, -0.2) is 19.6 Å². The van der Waals surface area contributed by atoms with Gasteiger partial charge in [0.1, 0.15) is 5.82 Å². The molecule has 2 nitrogen and oxygen atoms in total. The Morgan fingerprint density at radius 2 is 1.94 bits per heavy atom. The minimum absolute atomic E-state index is 0.110. The standard InChI is InChI=1S/C15H25FN2/c1-4-9-17-12-13-7-8-15(14(16)11-13)18(6-3)10-5-2/h7-8,11,17H,4-6,9-10,12H2,1-3H3. The van der Waals surface area contributed by atoms with Crippen molar-refractivity contribution in [3.63, 3.8) is 0 Å². The van der Waals surface area contributed by atoms with Crippen LogP contribution in [0.2, 0.25) is 0 Å². The van der Waals surface area contributed by atoms with Crippen LogP contribution in [-0.2, 0) is 6.54 Å². The van der Waals surface area contributed by atoms with E-state index in [9.17, 15) is 4.39 Å². The van der Waals surface area contributed by atoms with Crippen molar-refractivity contribution in [3.8, 4) is 0 Å². The van der Waals surface area contributed by atoms with Crippen molar-refractivity contribution in [2.24, 2.45) is 0 Å². The molecule has 1 aromatic carbocycles. The van der Waals surface area contributed by atoms with Gasteiger partial charge in [0.05, 0.1) is 5.69 Å². The summed E-state index contributed by atoms with van der Waals surface area (Å²) in [6.07, 6.45) is 2.13. The summed E-state index contributed by atoms with van der Waals surface area (Å²) in [5.74, 6) is -0.110. The molecule has 102 valence electrons. The Hall–Kier alpha value is -1.09. The van der Waals surface area contributed by atoms with Crippen molar-refractivity contribution in [2.75, 3.05) is 24.5 Å². The molecule has 3 heteroatoms. The number of rotatable bonds is 8. The Morgan fingerprint density at radius 3 is 2.50 bits per heavy atom. The van der Waals surface area contributed by atoms with Crippen LogP contribution in [0.3, 0.4) is 0 Å². The van der Waals surface area contributed by atoms with E-state index in [1.54, 1.807) is 6.07 Å². The highest BCUT2D eigenvalue weighted by molar-refractivity contribution is 5.49. The van der Waals surface area contributed by atoms with Gasteiger partial charge in [0.15, 0.2) is 0 Å². The van der Waals surface area contributed by atoms with Gasteiger partial charge in [-0.1, -0.05) is 19.9 Å². The van der Waals surface area contributed by atoms with E-state index in [4.69, 9.17) is 0 Å². The largest absolute Gasteiger partial charge is 0.369 e. The molecule has 0 aliphatic rings. The molecule has 0 fully saturated rings. The average Bonchev–Trinajstić information content (AvgIpc) is 2.37. The fourth-order valence-electron chi connectivity index (χ4n) is 2.05. The number of hydrogen-bond acceptors (Lipinski definition) is 2. The third-order valence-electron chi connectivity index (χ3n) is 2.98. The molecule has 0 aliphatic heterocycles. The number of benzene rings is 1. The highest BCUT2D eigenvalue weighted by Crippen LogP contribution is 2.20. The summed E-state index contributed by atoms with van der Waals surface area (Å²) in [6, 6.07) is 5.56. The van der Waals surface area contributed by atoms with Gasteiger partial charge in [-0.25, -0.2) is 4.39 Å². The van der Waals surface area contributed by atoms with Crippen LogP contribution in [0.1, 0.15) is 39.2 Å². The lowest BCUT2D eigenvalue weighted by Crippen LogP contribution is -2.24. The number of nitrogens with one attached hydrogen (secondary N) is 1. The summed E-state index contributed by atoms with van der Waals surface area (Å²) in [5, 5.41) is 3.29. The first-order chi connectivity index (χ1) is 8.72. The van der Waals surface area contributed by atoms with Crippen LogP contribution in [0, 0.1) is 5.82 Å². The summed E-state index contributed by atoms with van der Waals surface area (Å²) in [5.41, 5.74) is 1.73. The van der Waals surface area contributed by atoms with Gasteiger partial charge in [0.2, 0.25) is 0 Å². The van der Waals surface area contributed by atoms with Crippen LogP contribution in [0.25, 0.3) is 0 Å². The lowest BCUT2D eigenvalue weighted by Gasteiger charge is -2.23. The average molecular weight is 252 g/mol. The number of halogens is 1. The fourth-order valence-corrected chi connectivity index (χ4v) is 2.05. The zero-order chi connectivity index (χ0) is 13.4. The molecule has 0 heterocycles. The Morgan fingerprint density at radius 1 is 1.17 bits per heavy atom. The van der Waals surface area contributed by atoms with Crippen molar-refractivity contribution in [2.45, 2.75) is 40.2 Å². The summed E-state index contributed by atoms with van der Waals surface area (Å²) >= 11 is 0. The summed E-state index contributed by atoms with van der Waals surface area (Å²) in [4.78, 5) is 2.08. The third-order valence-corrected chi connectivity index (χ3v) is 2.98. The highest BCUT2D eigenvalue weighted by atomic mass is 19.1. The SMILES string of the molecule is CCCNCc1ccc(N(CC)CCC)c(F)c1. The van der Waals surface area contributed by atoms with E-state index >= 15 is 0 Å². The summed E-state index contributed by atoms with van der Waals surface area (Å²) in [7, 11) is 0. The van der Waals surface area contributed by atoms with E-state index in [0.717, 1.165) is 50.3 Å². The first-order valence-electron chi connectivity index (χ1n) is 6.97. The van der Waals surface area contributed by atoms with Crippen LogP contribution < -0.4 is 10.2 Å². The maximum absolute atomic E-state index is 14.1. The number of nitrogens with zero attached hydrogens (tertiary/aromatic N) is 1. The predicted molar refractivity (Wildman–Crippen MR) is 76.6 cm³/mol. The molecule has 1 N–H and O–H groups in total. The minimum atomic E-state index is -0.110. The monoisotopic (exact) mass is 252 g/mol. The van der Waals surface area contributed by atoms with E-state index in [-0.39, 0.29) is 5.82 Å². The second-order valence-corrected chi connectivity index (χ2v) is 4.54. The topological polar surface area (TPSA) is 15.3 Å². The Bertz CT molecular complexity index is 352. The highest BCUT2D eigenvalue weighted by Gasteiger charge is 2.09. The maximum atomic E-state index is 14.1. The van der Waals surface area contributed by atoms with Gasteiger partial charge in [0, 0.05) is 19.6 Å². The van der Waals surface area contributed by atoms with E-state index in [1.807, 2.05) is 12.1 Å². The van der Waals surface area contributed by atoms with E-state index in [0.29, 0.717) is 0 Å². The molecule has 0 aliphatic carbocycles. The molecule has 0 radical (unpaired) electrons. The quantitative estimate of drug-likeness (QED) is 0.712. The molecule has 18 heavy (non-hydrogen) atoms. The first kappa shape index (κ1) is 15.0.